The number of likely N-dealkylation sites (tertiary alicyclic amines) is 1. The first-order valence-corrected chi connectivity index (χ1v) is 7.54. The molecular weight excluding hydrogens is 288 g/mol. The molecule has 0 saturated carbocycles. The zero-order chi connectivity index (χ0) is 16.2. The molecule has 3 rings (SSSR count). The molecule has 1 aliphatic rings. The molecule has 1 atom stereocenters. The van der Waals surface area contributed by atoms with Crippen LogP contribution in [-0.4, -0.2) is 16.7 Å². The Balaban J connectivity index is 1.72. The molecule has 0 radical (unpaired) electrons. The molecule has 4 heteroatoms. The molecule has 0 aromatic heterocycles. The van der Waals surface area contributed by atoms with Gasteiger partial charge in [-0.2, -0.15) is 5.26 Å². The first kappa shape index (κ1) is 15.0. The van der Waals surface area contributed by atoms with E-state index in [0.717, 1.165) is 11.1 Å². The Morgan fingerprint density at radius 3 is 2.52 bits per heavy atom. The van der Waals surface area contributed by atoms with E-state index in [0.29, 0.717) is 12.0 Å². The monoisotopic (exact) mass is 304 g/mol. The maximum atomic E-state index is 12.5. The predicted octanol–water partition coefficient (Wildman–Crippen LogP) is 2.68. The average molecular weight is 304 g/mol. The summed E-state index contributed by atoms with van der Waals surface area (Å²) in [6.07, 6.45) is 0.839. The topological polar surface area (TPSA) is 61.2 Å². The minimum absolute atomic E-state index is 0.124. The summed E-state index contributed by atoms with van der Waals surface area (Å²) in [4.78, 5) is 26.0. The number of amides is 2. The van der Waals surface area contributed by atoms with Crippen molar-refractivity contribution in [2.45, 2.75) is 19.4 Å². The van der Waals surface area contributed by atoms with E-state index in [4.69, 9.17) is 5.26 Å². The van der Waals surface area contributed by atoms with Gasteiger partial charge in [0.2, 0.25) is 11.8 Å². The van der Waals surface area contributed by atoms with Crippen molar-refractivity contribution in [3.05, 3.63) is 71.3 Å². The minimum Gasteiger partial charge on any atom is -0.278 e. The summed E-state index contributed by atoms with van der Waals surface area (Å²) in [5.41, 5.74) is 2.39. The number of nitriles is 1. The highest BCUT2D eigenvalue weighted by Gasteiger charge is 2.38. The highest BCUT2D eigenvalue weighted by atomic mass is 16.2. The van der Waals surface area contributed by atoms with Gasteiger partial charge in [0, 0.05) is 6.42 Å². The number of benzene rings is 2. The van der Waals surface area contributed by atoms with Crippen LogP contribution in [0.4, 0.5) is 0 Å². The van der Waals surface area contributed by atoms with Gasteiger partial charge in [-0.1, -0.05) is 42.5 Å². The molecule has 0 spiro atoms. The molecule has 23 heavy (non-hydrogen) atoms. The normalized spacial score (nSPS) is 17.3. The standard InChI is InChI=1S/C19H16N2O2/c20-12-15-7-4-8-16(9-15)13-21-18(22)11-17(19(21)23)10-14-5-2-1-3-6-14/h1-9,17H,10-11,13H2/t17-/m1/s1. The zero-order valence-corrected chi connectivity index (χ0v) is 12.6. The summed E-state index contributed by atoms with van der Waals surface area (Å²) >= 11 is 0. The number of hydrogen-bond acceptors (Lipinski definition) is 3. The zero-order valence-electron chi connectivity index (χ0n) is 12.6. The van der Waals surface area contributed by atoms with Crippen LogP contribution in [0.25, 0.3) is 0 Å². The minimum atomic E-state index is -0.288. The SMILES string of the molecule is N#Cc1cccc(CN2C(=O)C[C@@H](Cc3ccccc3)C2=O)c1. The van der Waals surface area contributed by atoms with E-state index in [1.165, 1.54) is 4.90 Å². The van der Waals surface area contributed by atoms with Crippen LogP contribution in [0.1, 0.15) is 23.1 Å². The molecular formula is C19H16N2O2. The second-order valence-electron chi connectivity index (χ2n) is 5.72. The smallest absolute Gasteiger partial charge is 0.233 e. The number of nitrogens with zero attached hydrogens (tertiary/aromatic N) is 2. The van der Waals surface area contributed by atoms with Crippen LogP contribution in [-0.2, 0) is 22.6 Å². The van der Waals surface area contributed by atoms with Crippen molar-refractivity contribution in [3.8, 4) is 6.07 Å². The second kappa shape index (κ2) is 6.45. The maximum absolute atomic E-state index is 12.5. The van der Waals surface area contributed by atoms with E-state index in [-0.39, 0.29) is 30.7 Å². The van der Waals surface area contributed by atoms with E-state index in [2.05, 4.69) is 6.07 Å². The summed E-state index contributed by atoms with van der Waals surface area (Å²) in [7, 11) is 0. The van der Waals surface area contributed by atoms with Crippen molar-refractivity contribution in [2.24, 2.45) is 5.92 Å². The van der Waals surface area contributed by atoms with Crippen molar-refractivity contribution in [1.29, 1.82) is 5.26 Å². The van der Waals surface area contributed by atoms with Gasteiger partial charge in [0.25, 0.3) is 0 Å². The van der Waals surface area contributed by atoms with Crippen LogP contribution >= 0.6 is 0 Å². The van der Waals surface area contributed by atoms with Gasteiger partial charge in [-0.3, -0.25) is 14.5 Å². The van der Waals surface area contributed by atoms with Gasteiger partial charge in [0.1, 0.15) is 0 Å². The molecule has 2 aromatic carbocycles. The van der Waals surface area contributed by atoms with Gasteiger partial charge in [-0.15, -0.1) is 0 Å². The Morgan fingerprint density at radius 1 is 1.04 bits per heavy atom. The second-order valence-corrected chi connectivity index (χ2v) is 5.72. The third kappa shape index (κ3) is 3.29. The fourth-order valence-electron chi connectivity index (χ4n) is 2.90. The summed E-state index contributed by atoms with van der Waals surface area (Å²) in [6.45, 7) is 0.235. The lowest BCUT2D eigenvalue weighted by atomic mass is 9.98. The first-order valence-electron chi connectivity index (χ1n) is 7.54. The summed E-state index contributed by atoms with van der Waals surface area (Å²) in [5, 5.41) is 8.94. The molecule has 1 aliphatic heterocycles. The predicted molar refractivity (Wildman–Crippen MR) is 85.0 cm³/mol. The van der Waals surface area contributed by atoms with Crippen LogP contribution in [0.15, 0.2) is 54.6 Å². The quantitative estimate of drug-likeness (QED) is 0.816. The molecule has 1 heterocycles. The van der Waals surface area contributed by atoms with E-state index >= 15 is 0 Å². The molecule has 4 nitrogen and oxygen atoms in total. The van der Waals surface area contributed by atoms with Gasteiger partial charge in [-0.25, -0.2) is 0 Å². The maximum Gasteiger partial charge on any atom is 0.233 e. The largest absolute Gasteiger partial charge is 0.278 e. The van der Waals surface area contributed by atoms with E-state index in [9.17, 15) is 9.59 Å². The summed E-state index contributed by atoms with van der Waals surface area (Å²) < 4.78 is 0. The van der Waals surface area contributed by atoms with Crippen LogP contribution in [0.5, 0.6) is 0 Å². The molecule has 0 bridgehead atoms. The van der Waals surface area contributed by atoms with E-state index < -0.39 is 0 Å². The molecule has 0 N–H and O–H groups in total. The van der Waals surface area contributed by atoms with Gasteiger partial charge < -0.3 is 0 Å². The fourth-order valence-corrected chi connectivity index (χ4v) is 2.90. The van der Waals surface area contributed by atoms with Crippen LogP contribution in [0, 0.1) is 17.2 Å². The molecule has 114 valence electrons. The number of rotatable bonds is 4. The van der Waals surface area contributed by atoms with Crippen LogP contribution in [0.2, 0.25) is 0 Å². The van der Waals surface area contributed by atoms with Crippen molar-refractivity contribution >= 4 is 11.8 Å². The van der Waals surface area contributed by atoms with Gasteiger partial charge in [0.15, 0.2) is 0 Å². The van der Waals surface area contributed by atoms with Crippen LogP contribution in [0.3, 0.4) is 0 Å². The lowest BCUT2D eigenvalue weighted by molar-refractivity contribution is -0.140. The third-order valence-electron chi connectivity index (χ3n) is 4.06. The Bertz CT molecular complexity index is 777. The Kier molecular flexibility index (Phi) is 4.20. The Hall–Kier alpha value is -2.93. The fraction of sp³-hybridized carbons (Fsp3) is 0.211. The first-order chi connectivity index (χ1) is 11.2. The van der Waals surface area contributed by atoms with Crippen molar-refractivity contribution in [1.82, 2.24) is 4.90 Å². The van der Waals surface area contributed by atoms with Crippen molar-refractivity contribution in [2.75, 3.05) is 0 Å². The number of imide groups is 1. The van der Waals surface area contributed by atoms with Gasteiger partial charge in [0.05, 0.1) is 24.1 Å². The molecule has 2 amide bonds. The highest BCUT2D eigenvalue weighted by molar-refractivity contribution is 6.03. The third-order valence-corrected chi connectivity index (χ3v) is 4.06. The summed E-state index contributed by atoms with van der Waals surface area (Å²) in [6, 6.07) is 18.8. The van der Waals surface area contributed by atoms with E-state index in [1.54, 1.807) is 18.2 Å². The van der Waals surface area contributed by atoms with Gasteiger partial charge in [-0.05, 0) is 29.7 Å². The average Bonchev–Trinajstić information content (AvgIpc) is 2.83. The summed E-state index contributed by atoms with van der Waals surface area (Å²) in [5.74, 6) is -0.552. The van der Waals surface area contributed by atoms with Crippen molar-refractivity contribution in [3.63, 3.8) is 0 Å². The lowest BCUT2D eigenvalue weighted by Gasteiger charge is -2.15. The molecule has 0 aliphatic carbocycles. The molecule has 1 fully saturated rings. The van der Waals surface area contributed by atoms with E-state index in [1.807, 2.05) is 36.4 Å². The molecule has 2 aromatic rings. The van der Waals surface area contributed by atoms with Crippen molar-refractivity contribution < 1.29 is 9.59 Å². The number of carbonyl (C=O) groups excluding carboxylic acids is 2. The van der Waals surface area contributed by atoms with Crippen LogP contribution < -0.4 is 0 Å². The Labute approximate surface area is 135 Å². The number of hydrogen-bond donors (Lipinski definition) is 0. The number of carbonyl (C=O) groups is 2. The molecule has 0 unspecified atom stereocenters. The molecule has 1 saturated heterocycles. The lowest BCUT2D eigenvalue weighted by Crippen LogP contribution is -2.30. The van der Waals surface area contributed by atoms with Gasteiger partial charge >= 0.3 is 0 Å². The Morgan fingerprint density at radius 2 is 1.78 bits per heavy atom. The highest BCUT2D eigenvalue weighted by Crippen LogP contribution is 2.25.